The molecule has 0 radical (unpaired) electrons. The van der Waals surface area contributed by atoms with E-state index >= 15 is 0 Å². The van der Waals surface area contributed by atoms with Crippen LogP contribution in [0.15, 0.2) is 261 Å². The molecule has 0 aromatic heterocycles. The van der Waals surface area contributed by atoms with Crippen molar-refractivity contribution in [2.24, 2.45) is 0 Å². The van der Waals surface area contributed by atoms with Crippen LogP contribution in [0.3, 0.4) is 0 Å². The van der Waals surface area contributed by atoms with Crippen molar-refractivity contribution in [1.82, 2.24) is 0 Å². The number of para-hydroxylation sites is 3. The number of rotatable bonds is 9. The third-order valence-corrected chi connectivity index (χ3v) is 18.1. The van der Waals surface area contributed by atoms with Crippen molar-refractivity contribution in [3.8, 4) is 55.6 Å². The number of anilines is 6. The second kappa shape index (κ2) is 18.4. The summed E-state index contributed by atoms with van der Waals surface area (Å²) in [6.07, 6.45) is 6.60. The zero-order chi connectivity index (χ0) is 52.0. The zero-order valence-electron chi connectivity index (χ0n) is 44.3. The normalized spacial score (nSPS) is 16.2. The molecule has 0 heterocycles. The lowest BCUT2D eigenvalue weighted by molar-refractivity contribution is 0.443. The first-order chi connectivity index (χ1) is 38.4. The predicted molar refractivity (Wildman–Crippen MR) is 326 cm³/mol. The Morgan fingerprint density at radius 3 is 1.44 bits per heavy atom. The van der Waals surface area contributed by atoms with Crippen molar-refractivity contribution in [3.05, 3.63) is 300 Å². The number of hydrogen-bond acceptors (Lipinski definition) is 2. The highest BCUT2D eigenvalue weighted by Gasteiger charge is 2.53. The molecule has 4 aliphatic carbocycles. The van der Waals surface area contributed by atoms with Crippen molar-refractivity contribution in [2.45, 2.75) is 62.7 Å². The van der Waals surface area contributed by atoms with Gasteiger partial charge in [0.25, 0.3) is 0 Å². The van der Waals surface area contributed by atoms with Gasteiger partial charge >= 0.3 is 0 Å². The molecule has 0 bridgehead atoms. The fraction of sp³-hybridized carbons (Fsp3) is 0.132. The second-order valence-corrected chi connectivity index (χ2v) is 22.6. The van der Waals surface area contributed by atoms with E-state index in [1.165, 1.54) is 127 Å². The van der Waals surface area contributed by atoms with Crippen LogP contribution in [0.2, 0.25) is 0 Å². The van der Waals surface area contributed by atoms with Crippen molar-refractivity contribution in [1.29, 1.82) is 0 Å². The minimum Gasteiger partial charge on any atom is -0.310 e. The van der Waals surface area contributed by atoms with Crippen molar-refractivity contribution in [3.63, 3.8) is 0 Å². The van der Waals surface area contributed by atoms with Crippen LogP contribution >= 0.6 is 0 Å². The standard InChI is InChI=1S/C76H60N2/c1-75(2)68-34-20-18-32-61(68)66-47-59(42-45-69(66)75)77(56-26-12-5-13-27-56)60-41-44-64-63-43-40-55(53-38-36-52(37-39-53)51-22-8-3-9-23-51)46-71(63)76(72(64)48-60)70-35-21-19-33-62(70)67-49-65(54-24-10-4-11-25-54)74(50-73(67)76)78(57-28-14-6-15-29-57)58-30-16-7-17-31-58/h4-7,10-21,24-51H,3,8-9,22-23H2,1-2H3. The maximum Gasteiger partial charge on any atom is 0.0727 e. The van der Waals surface area contributed by atoms with E-state index in [2.05, 4.69) is 285 Å². The van der Waals surface area contributed by atoms with E-state index in [4.69, 9.17) is 0 Å². The van der Waals surface area contributed by atoms with Gasteiger partial charge < -0.3 is 9.80 Å². The highest BCUT2D eigenvalue weighted by Crippen LogP contribution is 2.65. The van der Waals surface area contributed by atoms with E-state index in [9.17, 15) is 0 Å². The fourth-order valence-electron chi connectivity index (χ4n) is 14.4. The van der Waals surface area contributed by atoms with Crippen LogP contribution in [-0.2, 0) is 10.8 Å². The molecule has 0 N–H and O–H groups in total. The largest absolute Gasteiger partial charge is 0.310 e. The third-order valence-electron chi connectivity index (χ3n) is 18.1. The summed E-state index contributed by atoms with van der Waals surface area (Å²) in [5, 5.41) is 0. The minimum atomic E-state index is -0.684. The van der Waals surface area contributed by atoms with Crippen LogP contribution in [0.5, 0.6) is 0 Å². The summed E-state index contributed by atoms with van der Waals surface area (Å²) in [4.78, 5) is 4.96. The van der Waals surface area contributed by atoms with Gasteiger partial charge in [0.2, 0.25) is 0 Å². The van der Waals surface area contributed by atoms with Gasteiger partial charge in [-0.05, 0) is 187 Å². The van der Waals surface area contributed by atoms with E-state index < -0.39 is 5.41 Å². The molecular formula is C76H60N2. The smallest absolute Gasteiger partial charge is 0.0727 e. The lowest BCUT2D eigenvalue weighted by Gasteiger charge is -2.34. The van der Waals surface area contributed by atoms with Crippen LogP contribution in [0.25, 0.3) is 55.6 Å². The van der Waals surface area contributed by atoms with Gasteiger partial charge in [0, 0.05) is 39.4 Å². The van der Waals surface area contributed by atoms with Gasteiger partial charge in [-0.3, -0.25) is 0 Å². The van der Waals surface area contributed by atoms with Crippen LogP contribution in [-0.4, -0.2) is 0 Å². The van der Waals surface area contributed by atoms with Gasteiger partial charge in [0.1, 0.15) is 0 Å². The summed E-state index contributed by atoms with van der Waals surface area (Å²) in [5.41, 5.74) is 28.0. The monoisotopic (exact) mass is 1000 g/mol. The number of fused-ring (bicyclic) bond motifs is 13. The average molecular weight is 1000 g/mol. The van der Waals surface area contributed by atoms with E-state index in [0.717, 1.165) is 34.1 Å². The van der Waals surface area contributed by atoms with Gasteiger partial charge in [-0.2, -0.15) is 0 Å². The van der Waals surface area contributed by atoms with Crippen LogP contribution in [0, 0.1) is 0 Å². The molecule has 4 aliphatic rings. The molecule has 374 valence electrons. The second-order valence-electron chi connectivity index (χ2n) is 22.6. The Labute approximate surface area is 459 Å². The predicted octanol–water partition coefficient (Wildman–Crippen LogP) is 20.7. The summed E-state index contributed by atoms with van der Waals surface area (Å²) < 4.78 is 0. The highest BCUT2D eigenvalue weighted by atomic mass is 15.1. The summed E-state index contributed by atoms with van der Waals surface area (Å²) in [6.45, 7) is 4.73. The Bertz CT molecular complexity index is 4040. The summed E-state index contributed by atoms with van der Waals surface area (Å²) in [6, 6.07) is 98.7. The number of nitrogens with zero attached hydrogens (tertiary/aromatic N) is 2. The Hall–Kier alpha value is -8.98. The number of benzene rings is 11. The molecule has 1 fully saturated rings. The SMILES string of the molecule is CC1(C)c2ccccc2-c2cc(N(c3ccccc3)c3ccc4c(c3)C3(c5ccccc5-c5cc(-c6ccccc6)c(N(c6ccccc6)c6ccccc6)cc53)c3cc(-c5ccc(C6CCCCC6)cc5)ccc3-4)ccc21. The van der Waals surface area contributed by atoms with E-state index in [0.29, 0.717) is 5.92 Å². The molecule has 1 saturated carbocycles. The maximum atomic E-state index is 2.57. The Kier molecular flexibility index (Phi) is 10.9. The maximum absolute atomic E-state index is 2.57. The molecular weight excluding hydrogens is 941 g/mol. The highest BCUT2D eigenvalue weighted by molar-refractivity contribution is 6.01. The molecule has 2 heteroatoms. The average Bonchev–Trinajstić information content (AvgIpc) is 4.17. The Balaban J connectivity index is 1.00. The lowest BCUT2D eigenvalue weighted by atomic mass is 9.69. The van der Waals surface area contributed by atoms with Gasteiger partial charge in [0.15, 0.2) is 0 Å². The molecule has 0 saturated heterocycles. The molecule has 1 unspecified atom stereocenters. The lowest BCUT2D eigenvalue weighted by Crippen LogP contribution is -2.27. The van der Waals surface area contributed by atoms with Crippen LogP contribution in [0.1, 0.15) is 90.8 Å². The molecule has 0 amide bonds. The Morgan fingerprint density at radius 1 is 0.295 bits per heavy atom. The third kappa shape index (κ3) is 7.16. The van der Waals surface area contributed by atoms with Crippen molar-refractivity contribution in [2.75, 3.05) is 9.80 Å². The van der Waals surface area contributed by atoms with Gasteiger partial charge in [0.05, 0.1) is 11.1 Å². The van der Waals surface area contributed by atoms with E-state index in [1.807, 2.05) is 0 Å². The quantitative estimate of drug-likeness (QED) is 0.142. The first-order valence-corrected chi connectivity index (χ1v) is 28.2. The molecule has 1 spiro atoms. The molecule has 11 aromatic rings. The van der Waals surface area contributed by atoms with E-state index in [-0.39, 0.29) is 5.41 Å². The Morgan fingerprint density at radius 2 is 0.769 bits per heavy atom. The van der Waals surface area contributed by atoms with Crippen LogP contribution < -0.4 is 9.80 Å². The number of hydrogen-bond donors (Lipinski definition) is 0. The molecule has 78 heavy (non-hydrogen) atoms. The summed E-state index contributed by atoms with van der Waals surface area (Å²) in [5.74, 6) is 0.655. The topological polar surface area (TPSA) is 6.48 Å². The molecule has 1 atom stereocenters. The zero-order valence-corrected chi connectivity index (χ0v) is 44.3. The molecule has 15 rings (SSSR count). The van der Waals surface area contributed by atoms with Gasteiger partial charge in [-0.15, -0.1) is 0 Å². The fourth-order valence-corrected chi connectivity index (χ4v) is 14.4. The van der Waals surface area contributed by atoms with Gasteiger partial charge in [-0.25, -0.2) is 0 Å². The first kappa shape index (κ1) is 46.3. The van der Waals surface area contributed by atoms with Gasteiger partial charge in [-0.1, -0.05) is 215 Å². The van der Waals surface area contributed by atoms with E-state index in [1.54, 1.807) is 0 Å². The molecule has 0 aliphatic heterocycles. The first-order valence-electron chi connectivity index (χ1n) is 28.2. The van der Waals surface area contributed by atoms with Crippen LogP contribution in [0.4, 0.5) is 34.1 Å². The van der Waals surface area contributed by atoms with Crippen molar-refractivity contribution < 1.29 is 0 Å². The summed E-state index contributed by atoms with van der Waals surface area (Å²) >= 11 is 0. The molecule has 2 nitrogen and oxygen atoms in total. The summed E-state index contributed by atoms with van der Waals surface area (Å²) in [7, 11) is 0. The minimum absolute atomic E-state index is 0.0941. The molecule has 11 aromatic carbocycles. The van der Waals surface area contributed by atoms with Crippen molar-refractivity contribution >= 4 is 34.1 Å².